The molecule has 0 spiro atoms. The maximum Gasteiger partial charge on any atom is 0.243 e. The van der Waals surface area contributed by atoms with Gasteiger partial charge in [0.15, 0.2) is 0 Å². The lowest BCUT2D eigenvalue weighted by atomic mass is 10.3. The van der Waals surface area contributed by atoms with Gasteiger partial charge < -0.3 is 10.1 Å². The second-order valence-electron chi connectivity index (χ2n) is 5.11. The molecule has 2 rings (SSSR count). The van der Waals surface area contributed by atoms with E-state index < -0.39 is 28.3 Å². The van der Waals surface area contributed by atoms with Gasteiger partial charge in [0.05, 0.1) is 24.2 Å². The van der Waals surface area contributed by atoms with Crippen LogP contribution in [0.4, 0.5) is 10.1 Å². The van der Waals surface area contributed by atoms with E-state index in [0.29, 0.717) is 16.5 Å². The Balaban J connectivity index is 2.14. The van der Waals surface area contributed by atoms with Crippen molar-refractivity contribution in [2.24, 2.45) is 0 Å². The van der Waals surface area contributed by atoms with Gasteiger partial charge in [0.1, 0.15) is 11.6 Å². The first-order valence-electron chi connectivity index (χ1n) is 7.09. The normalized spacial score (nSPS) is 11.4. The number of methoxy groups -OCH3 is 1. The second kappa shape index (κ2) is 7.81. The standard InChI is InChI=1S/C16H16ClFN2O4S/c1-20(25(22,23)13-5-3-4-12(18)9-13)10-16(21)19-14-8-11(17)6-7-15(14)24-2/h3-9H,10H2,1-2H3,(H,19,21). The van der Waals surface area contributed by atoms with Crippen LogP contribution in [-0.2, 0) is 14.8 Å². The Morgan fingerprint density at radius 2 is 2.00 bits per heavy atom. The molecule has 0 aliphatic heterocycles. The lowest BCUT2D eigenvalue weighted by Crippen LogP contribution is -2.35. The number of sulfonamides is 1. The number of carbonyl (C=O) groups is 1. The van der Waals surface area contributed by atoms with Crippen LogP contribution in [0.25, 0.3) is 0 Å². The average Bonchev–Trinajstić information content (AvgIpc) is 2.54. The number of hydrogen-bond acceptors (Lipinski definition) is 4. The largest absolute Gasteiger partial charge is 0.495 e. The highest BCUT2D eigenvalue weighted by molar-refractivity contribution is 7.89. The number of amides is 1. The number of likely N-dealkylation sites (N-methyl/N-ethyl adjacent to an activating group) is 1. The lowest BCUT2D eigenvalue weighted by molar-refractivity contribution is -0.116. The minimum Gasteiger partial charge on any atom is -0.495 e. The van der Waals surface area contributed by atoms with E-state index in [1.807, 2.05) is 0 Å². The molecule has 0 saturated carbocycles. The second-order valence-corrected chi connectivity index (χ2v) is 7.59. The highest BCUT2D eigenvalue weighted by atomic mass is 35.5. The summed E-state index contributed by atoms with van der Waals surface area (Å²) in [5.74, 6) is -0.890. The number of nitrogens with zero attached hydrogens (tertiary/aromatic N) is 1. The Morgan fingerprint density at radius 3 is 2.64 bits per heavy atom. The van der Waals surface area contributed by atoms with Gasteiger partial charge >= 0.3 is 0 Å². The van der Waals surface area contributed by atoms with E-state index in [4.69, 9.17) is 16.3 Å². The Bertz CT molecular complexity index is 889. The van der Waals surface area contributed by atoms with Crippen LogP contribution in [0.3, 0.4) is 0 Å². The van der Waals surface area contributed by atoms with Gasteiger partial charge in [-0.3, -0.25) is 4.79 Å². The van der Waals surface area contributed by atoms with E-state index in [1.54, 1.807) is 12.1 Å². The molecule has 0 aromatic heterocycles. The zero-order chi connectivity index (χ0) is 18.6. The van der Waals surface area contributed by atoms with Crippen LogP contribution >= 0.6 is 11.6 Å². The topological polar surface area (TPSA) is 75.7 Å². The van der Waals surface area contributed by atoms with E-state index in [9.17, 15) is 17.6 Å². The molecule has 6 nitrogen and oxygen atoms in total. The van der Waals surface area contributed by atoms with E-state index >= 15 is 0 Å². The minimum absolute atomic E-state index is 0.233. The molecular formula is C16H16ClFN2O4S. The first-order valence-corrected chi connectivity index (χ1v) is 8.91. The minimum atomic E-state index is -4.00. The molecule has 1 N–H and O–H groups in total. The van der Waals surface area contributed by atoms with Gasteiger partial charge in [-0.15, -0.1) is 0 Å². The molecule has 0 fully saturated rings. The van der Waals surface area contributed by atoms with E-state index in [0.717, 1.165) is 16.4 Å². The van der Waals surface area contributed by atoms with Crippen LogP contribution in [0.5, 0.6) is 5.75 Å². The molecule has 0 saturated heterocycles. The molecule has 0 atom stereocenters. The highest BCUT2D eigenvalue weighted by Crippen LogP contribution is 2.27. The Morgan fingerprint density at radius 1 is 1.28 bits per heavy atom. The summed E-state index contributed by atoms with van der Waals surface area (Å²) < 4.78 is 43.9. The summed E-state index contributed by atoms with van der Waals surface area (Å²) in [4.78, 5) is 11.9. The third-order valence-electron chi connectivity index (χ3n) is 3.31. The predicted octanol–water partition coefficient (Wildman–Crippen LogP) is 2.75. The van der Waals surface area contributed by atoms with Crippen molar-refractivity contribution in [2.75, 3.05) is 26.0 Å². The average molecular weight is 387 g/mol. The van der Waals surface area contributed by atoms with Crippen LogP contribution in [0.15, 0.2) is 47.4 Å². The van der Waals surface area contributed by atoms with Gasteiger partial charge in [-0.2, -0.15) is 4.31 Å². The smallest absolute Gasteiger partial charge is 0.243 e. The maximum absolute atomic E-state index is 13.2. The molecule has 25 heavy (non-hydrogen) atoms. The molecular weight excluding hydrogens is 371 g/mol. The molecule has 1 amide bonds. The number of hydrogen-bond donors (Lipinski definition) is 1. The monoisotopic (exact) mass is 386 g/mol. The summed E-state index contributed by atoms with van der Waals surface area (Å²) in [5, 5.41) is 2.93. The fourth-order valence-electron chi connectivity index (χ4n) is 2.06. The summed E-state index contributed by atoms with van der Waals surface area (Å²) in [6.45, 7) is -0.464. The van der Waals surface area contributed by atoms with Crippen molar-refractivity contribution in [3.05, 3.63) is 53.3 Å². The molecule has 9 heteroatoms. The Hall–Kier alpha value is -2.16. The molecule has 134 valence electrons. The van der Waals surface area contributed by atoms with Crippen LogP contribution in [0, 0.1) is 5.82 Å². The molecule has 2 aromatic carbocycles. The summed E-state index contributed by atoms with van der Waals surface area (Å²) in [6, 6.07) is 9.22. The number of ether oxygens (including phenoxy) is 1. The molecule has 0 unspecified atom stereocenters. The first-order chi connectivity index (χ1) is 11.7. The summed E-state index contributed by atoms with van der Waals surface area (Å²) in [5.41, 5.74) is 0.316. The number of benzene rings is 2. The van der Waals surface area contributed by atoms with Crippen LogP contribution < -0.4 is 10.1 Å². The number of anilines is 1. The van der Waals surface area contributed by atoms with Gasteiger partial charge in [0.25, 0.3) is 0 Å². The van der Waals surface area contributed by atoms with Crippen molar-refractivity contribution < 1.29 is 22.3 Å². The van der Waals surface area contributed by atoms with Gasteiger partial charge in [0, 0.05) is 12.1 Å². The molecule has 0 aliphatic carbocycles. The lowest BCUT2D eigenvalue weighted by Gasteiger charge is -2.17. The van der Waals surface area contributed by atoms with Crippen molar-refractivity contribution in [2.45, 2.75) is 4.90 Å². The fraction of sp³-hybridized carbons (Fsp3) is 0.188. The number of nitrogens with one attached hydrogen (secondary N) is 1. The predicted molar refractivity (Wildman–Crippen MR) is 92.8 cm³/mol. The number of halogens is 2. The van der Waals surface area contributed by atoms with Crippen molar-refractivity contribution in [1.82, 2.24) is 4.31 Å². The number of rotatable bonds is 6. The van der Waals surface area contributed by atoms with Crippen LogP contribution in [-0.4, -0.2) is 39.3 Å². The summed E-state index contributed by atoms with van der Waals surface area (Å²) in [6.07, 6.45) is 0. The summed E-state index contributed by atoms with van der Waals surface area (Å²) in [7, 11) is -1.34. The van der Waals surface area contributed by atoms with Gasteiger partial charge in [-0.1, -0.05) is 17.7 Å². The fourth-order valence-corrected chi connectivity index (χ4v) is 3.39. The Kier molecular flexibility index (Phi) is 5.99. The van der Waals surface area contributed by atoms with Gasteiger partial charge in [-0.05, 0) is 36.4 Å². The van der Waals surface area contributed by atoms with Crippen LogP contribution in [0.1, 0.15) is 0 Å². The highest BCUT2D eigenvalue weighted by Gasteiger charge is 2.23. The molecule has 0 aliphatic rings. The van der Waals surface area contributed by atoms with Crippen LogP contribution in [0.2, 0.25) is 5.02 Å². The van der Waals surface area contributed by atoms with E-state index in [2.05, 4.69) is 5.32 Å². The molecule has 0 bridgehead atoms. The Labute approximate surface area is 150 Å². The van der Waals surface area contributed by atoms with Crippen molar-refractivity contribution in [1.29, 1.82) is 0 Å². The molecule has 2 aromatic rings. The van der Waals surface area contributed by atoms with E-state index in [-0.39, 0.29) is 4.90 Å². The van der Waals surface area contributed by atoms with Gasteiger partial charge in [0.2, 0.25) is 15.9 Å². The first kappa shape index (κ1) is 19.2. The van der Waals surface area contributed by atoms with Crippen molar-refractivity contribution >= 4 is 33.2 Å². The zero-order valence-corrected chi connectivity index (χ0v) is 15.1. The zero-order valence-electron chi connectivity index (χ0n) is 13.5. The summed E-state index contributed by atoms with van der Waals surface area (Å²) >= 11 is 5.88. The molecule has 0 radical (unpaired) electrons. The van der Waals surface area contributed by atoms with Crippen molar-refractivity contribution in [3.63, 3.8) is 0 Å². The third-order valence-corrected chi connectivity index (χ3v) is 5.34. The quantitative estimate of drug-likeness (QED) is 0.828. The third kappa shape index (κ3) is 4.68. The van der Waals surface area contributed by atoms with Crippen molar-refractivity contribution in [3.8, 4) is 5.75 Å². The van der Waals surface area contributed by atoms with Gasteiger partial charge in [-0.25, -0.2) is 12.8 Å². The SMILES string of the molecule is COc1ccc(Cl)cc1NC(=O)CN(C)S(=O)(=O)c1cccc(F)c1. The number of carbonyl (C=O) groups excluding carboxylic acids is 1. The molecule has 0 heterocycles. The maximum atomic E-state index is 13.2. The van der Waals surface area contributed by atoms with E-state index in [1.165, 1.54) is 32.4 Å².